The second kappa shape index (κ2) is 48.9. The molecule has 0 aliphatic rings. The van der Waals surface area contributed by atoms with Gasteiger partial charge >= 0.3 is 17.9 Å². The van der Waals surface area contributed by atoms with Crippen molar-refractivity contribution in [1.29, 1.82) is 0 Å². The first-order valence-corrected chi connectivity index (χ1v) is 27.8. The number of esters is 3. The number of unbranched alkanes of at least 4 members (excludes halogenated alkanes) is 33. The lowest BCUT2D eigenvalue weighted by molar-refractivity contribution is -0.167. The van der Waals surface area contributed by atoms with Crippen LogP contribution in [-0.4, -0.2) is 37.2 Å². The lowest BCUT2D eigenvalue weighted by Gasteiger charge is -2.18. The van der Waals surface area contributed by atoms with E-state index in [4.69, 9.17) is 14.2 Å². The molecule has 0 aromatic heterocycles. The maximum atomic E-state index is 12.8. The average molecular weight is 877 g/mol. The lowest BCUT2D eigenvalue weighted by atomic mass is 9.99. The Kier molecular flexibility index (Phi) is 47.6. The molecule has 0 spiro atoms. The second-order valence-corrected chi connectivity index (χ2v) is 19.7. The molecule has 0 aliphatic heterocycles. The predicted molar refractivity (Wildman–Crippen MR) is 266 cm³/mol. The van der Waals surface area contributed by atoms with Crippen molar-refractivity contribution in [2.45, 2.75) is 317 Å². The van der Waals surface area contributed by atoms with E-state index in [-0.39, 0.29) is 31.1 Å². The Morgan fingerprint density at radius 3 is 0.839 bits per heavy atom. The maximum absolute atomic E-state index is 12.8. The van der Waals surface area contributed by atoms with E-state index in [0.29, 0.717) is 19.3 Å². The van der Waals surface area contributed by atoms with Gasteiger partial charge in [-0.3, -0.25) is 14.4 Å². The average Bonchev–Trinajstić information content (AvgIpc) is 3.27. The Balaban J connectivity index is 4.27. The Labute approximate surface area is 387 Å². The molecule has 6 heteroatoms. The van der Waals surface area contributed by atoms with Crippen LogP contribution in [-0.2, 0) is 28.6 Å². The zero-order chi connectivity index (χ0) is 45.4. The van der Waals surface area contributed by atoms with Crippen molar-refractivity contribution in [2.75, 3.05) is 13.2 Å². The normalized spacial score (nSPS) is 12.9. The van der Waals surface area contributed by atoms with Gasteiger partial charge in [0.2, 0.25) is 0 Å². The lowest BCUT2D eigenvalue weighted by Crippen LogP contribution is -2.30. The van der Waals surface area contributed by atoms with E-state index in [9.17, 15) is 14.4 Å². The number of hydrogen-bond donors (Lipinski definition) is 0. The van der Waals surface area contributed by atoms with Gasteiger partial charge in [-0.2, -0.15) is 0 Å². The van der Waals surface area contributed by atoms with Gasteiger partial charge in [-0.25, -0.2) is 0 Å². The highest BCUT2D eigenvalue weighted by Crippen LogP contribution is 2.19. The Morgan fingerprint density at radius 2 is 0.565 bits per heavy atom. The van der Waals surface area contributed by atoms with Crippen LogP contribution in [0.2, 0.25) is 0 Å². The molecule has 0 radical (unpaired) electrons. The highest BCUT2D eigenvalue weighted by Gasteiger charge is 2.19. The van der Waals surface area contributed by atoms with Crippen molar-refractivity contribution in [3.05, 3.63) is 0 Å². The van der Waals surface area contributed by atoms with E-state index in [1.54, 1.807) is 0 Å². The standard InChI is InChI=1S/C56H108O6/c1-6-9-10-11-12-13-14-15-16-17-21-24-27-30-36-41-46-54(57)60-49-53(50-61-55(58)47-42-37-33-32-35-40-45-52(5)8-3)62-56(59)48-43-38-31-28-25-22-19-18-20-23-26-29-34-39-44-51(4)7-2/h51-53H,6-50H2,1-5H3/t51?,52?,53-/m0/s1. The van der Waals surface area contributed by atoms with Gasteiger partial charge in [0.05, 0.1) is 0 Å². The third kappa shape index (κ3) is 46.4. The second-order valence-electron chi connectivity index (χ2n) is 19.7. The predicted octanol–water partition coefficient (Wildman–Crippen LogP) is 18.1. The quantitative estimate of drug-likeness (QED) is 0.0344. The van der Waals surface area contributed by atoms with Gasteiger partial charge in [0, 0.05) is 19.3 Å². The van der Waals surface area contributed by atoms with Gasteiger partial charge in [0.15, 0.2) is 6.10 Å². The molecule has 62 heavy (non-hydrogen) atoms. The summed E-state index contributed by atoms with van der Waals surface area (Å²) in [6.07, 6.45) is 50.9. The molecule has 6 nitrogen and oxygen atoms in total. The van der Waals surface area contributed by atoms with Crippen LogP contribution in [0, 0.1) is 11.8 Å². The van der Waals surface area contributed by atoms with E-state index in [1.165, 1.54) is 199 Å². The van der Waals surface area contributed by atoms with E-state index in [2.05, 4.69) is 34.6 Å². The van der Waals surface area contributed by atoms with Gasteiger partial charge in [-0.1, -0.05) is 272 Å². The molecule has 0 fully saturated rings. The first-order valence-electron chi connectivity index (χ1n) is 27.8. The topological polar surface area (TPSA) is 78.9 Å². The maximum Gasteiger partial charge on any atom is 0.306 e. The molecule has 0 rings (SSSR count). The third-order valence-corrected chi connectivity index (χ3v) is 13.4. The highest BCUT2D eigenvalue weighted by molar-refractivity contribution is 5.71. The van der Waals surface area contributed by atoms with Crippen LogP contribution in [0.4, 0.5) is 0 Å². The minimum Gasteiger partial charge on any atom is -0.462 e. The minimum absolute atomic E-state index is 0.0637. The summed E-state index contributed by atoms with van der Waals surface area (Å²) in [6, 6.07) is 0. The minimum atomic E-state index is -0.763. The van der Waals surface area contributed by atoms with E-state index >= 15 is 0 Å². The number of rotatable bonds is 50. The number of hydrogen-bond acceptors (Lipinski definition) is 6. The molecule has 2 unspecified atom stereocenters. The molecule has 0 aromatic rings. The molecular formula is C56H108O6. The molecule has 0 saturated carbocycles. The monoisotopic (exact) mass is 877 g/mol. The van der Waals surface area contributed by atoms with E-state index in [0.717, 1.165) is 69.6 Å². The molecule has 0 N–H and O–H groups in total. The Morgan fingerprint density at radius 1 is 0.323 bits per heavy atom. The molecular weight excluding hydrogens is 769 g/mol. The van der Waals surface area contributed by atoms with Crippen LogP contribution in [0.1, 0.15) is 311 Å². The third-order valence-electron chi connectivity index (χ3n) is 13.4. The van der Waals surface area contributed by atoms with Crippen LogP contribution < -0.4 is 0 Å². The summed E-state index contributed by atoms with van der Waals surface area (Å²) >= 11 is 0. The van der Waals surface area contributed by atoms with Gasteiger partial charge < -0.3 is 14.2 Å². The molecule has 0 bridgehead atoms. The summed E-state index contributed by atoms with van der Waals surface area (Å²) in [6.45, 7) is 11.4. The summed E-state index contributed by atoms with van der Waals surface area (Å²) in [7, 11) is 0. The van der Waals surface area contributed by atoms with Crippen LogP contribution >= 0.6 is 0 Å². The molecule has 0 aliphatic carbocycles. The SMILES string of the molecule is CCCCCCCCCCCCCCCCCCC(=O)OC[C@@H](COC(=O)CCCCCCCCC(C)CC)OC(=O)CCCCCCCCCCCCCCCCC(C)CC. The summed E-state index contributed by atoms with van der Waals surface area (Å²) in [5.74, 6) is 0.862. The zero-order valence-corrected chi connectivity index (χ0v) is 42.5. The van der Waals surface area contributed by atoms with Crippen molar-refractivity contribution in [3.8, 4) is 0 Å². The van der Waals surface area contributed by atoms with Gasteiger partial charge in [0.1, 0.15) is 13.2 Å². The van der Waals surface area contributed by atoms with Gasteiger partial charge in [-0.15, -0.1) is 0 Å². The van der Waals surface area contributed by atoms with Crippen LogP contribution in [0.3, 0.4) is 0 Å². The summed E-state index contributed by atoms with van der Waals surface area (Å²) in [4.78, 5) is 38.0. The summed E-state index contributed by atoms with van der Waals surface area (Å²) in [5, 5.41) is 0. The van der Waals surface area contributed by atoms with Crippen LogP contribution in [0.5, 0.6) is 0 Å². The number of carbonyl (C=O) groups excluding carboxylic acids is 3. The molecule has 0 heterocycles. The van der Waals surface area contributed by atoms with Crippen LogP contribution in [0.15, 0.2) is 0 Å². The molecule has 0 amide bonds. The molecule has 0 aromatic carbocycles. The van der Waals surface area contributed by atoms with Crippen molar-refractivity contribution < 1.29 is 28.6 Å². The first kappa shape index (κ1) is 60.4. The fraction of sp³-hybridized carbons (Fsp3) is 0.946. The molecule has 3 atom stereocenters. The van der Waals surface area contributed by atoms with E-state index < -0.39 is 6.10 Å². The van der Waals surface area contributed by atoms with Gasteiger partial charge in [-0.05, 0) is 31.1 Å². The van der Waals surface area contributed by atoms with Crippen molar-refractivity contribution in [3.63, 3.8) is 0 Å². The van der Waals surface area contributed by atoms with Crippen LogP contribution in [0.25, 0.3) is 0 Å². The first-order chi connectivity index (χ1) is 30.3. The fourth-order valence-corrected chi connectivity index (χ4v) is 8.46. The summed E-state index contributed by atoms with van der Waals surface area (Å²) < 4.78 is 16.8. The Hall–Kier alpha value is -1.59. The van der Waals surface area contributed by atoms with Gasteiger partial charge in [0.25, 0.3) is 0 Å². The Bertz CT molecular complexity index is 951. The fourth-order valence-electron chi connectivity index (χ4n) is 8.46. The number of ether oxygens (including phenoxy) is 3. The molecule has 0 saturated heterocycles. The van der Waals surface area contributed by atoms with Crippen molar-refractivity contribution in [2.24, 2.45) is 11.8 Å². The smallest absolute Gasteiger partial charge is 0.306 e. The largest absolute Gasteiger partial charge is 0.462 e. The van der Waals surface area contributed by atoms with Crippen molar-refractivity contribution >= 4 is 17.9 Å². The van der Waals surface area contributed by atoms with Crippen molar-refractivity contribution in [1.82, 2.24) is 0 Å². The summed E-state index contributed by atoms with van der Waals surface area (Å²) in [5.41, 5.74) is 0. The number of carbonyl (C=O) groups is 3. The zero-order valence-electron chi connectivity index (χ0n) is 42.5. The molecule has 368 valence electrons. The van der Waals surface area contributed by atoms with E-state index in [1.807, 2.05) is 0 Å². The highest BCUT2D eigenvalue weighted by atomic mass is 16.6.